The Balaban J connectivity index is 1.90. The quantitative estimate of drug-likeness (QED) is 0.609. The van der Waals surface area contributed by atoms with Crippen LogP contribution >= 0.6 is 0 Å². The molecular weight excluding hydrogens is 284 g/mol. The fourth-order valence-corrected chi connectivity index (χ4v) is 2.28. The molecule has 0 amide bonds. The van der Waals surface area contributed by atoms with Crippen LogP contribution in [0.15, 0.2) is 48.5 Å². The highest BCUT2D eigenvalue weighted by Crippen LogP contribution is 2.09. The molecule has 23 heavy (non-hydrogen) atoms. The number of esters is 1. The largest absolute Gasteiger partial charge is 0.466 e. The summed E-state index contributed by atoms with van der Waals surface area (Å²) in [6.07, 6.45) is 2.17. The molecule has 0 aliphatic carbocycles. The second-order valence-electron chi connectivity index (χ2n) is 5.42. The second-order valence-corrected chi connectivity index (χ2v) is 5.42. The van der Waals surface area contributed by atoms with Crippen LogP contribution < -0.4 is 0 Å². The highest BCUT2D eigenvalue weighted by molar-refractivity contribution is 5.69. The highest BCUT2D eigenvalue weighted by Gasteiger charge is 2.01. The maximum absolute atomic E-state index is 11.3. The molecule has 2 rings (SSSR count). The number of rotatable bonds is 5. The molecule has 2 aromatic rings. The second kappa shape index (κ2) is 8.80. The van der Waals surface area contributed by atoms with Crippen LogP contribution in [0.2, 0.25) is 0 Å². The van der Waals surface area contributed by atoms with Gasteiger partial charge in [-0.3, -0.25) is 4.79 Å². The van der Waals surface area contributed by atoms with Crippen molar-refractivity contribution in [3.05, 3.63) is 70.8 Å². The summed E-state index contributed by atoms with van der Waals surface area (Å²) in [5.74, 6) is 6.29. The van der Waals surface area contributed by atoms with Crippen molar-refractivity contribution in [1.29, 1.82) is 0 Å². The molecule has 0 spiro atoms. The van der Waals surface area contributed by atoms with Crippen LogP contribution in [0, 0.1) is 18.8 Å². The first-order valence-electron chi connectivity index (χ1n) is 8.01. The van der Waals surface area contributed by atoms with Gasteiger partial charge in [0.2, 0.25) is 0 Å². The number of hydrogen-bond acceptors (Lipinski definition) is 2. The predicted molar refractivity (Wildman–Crippen MR) is 93.2 cm³/mol. The van der Waals surface area contributed by atoms with E-state index in [1.54, 1.807) is 0 Å². The average Bonchev–Trinajstić information content (AvgIpc) is 2.56. The Hall–Kier alpha value is -2.53. The molecule has 0 radical (unpaired) electrons. The van der Waals surface area contributed by atoms with Crippen LogP contribution in [0.4, 0.5) is 0 Å². The normalized spacial score (nSPS) is 9.83. The topological polar surface area (TPSA) is 26.3 Å². The number of carbonyl (C=O) groups excluding carboxylic acids is 1. The fourth-order valence-electron chi connectivity index (χ4n) is 2.28. The van der Waals surface area contributed by atoms with E-state index >= 15 is 0 Å². The Morgan fingerprint density at radius 3 is 2.48 bits per heavy atom. The highest BCUT2D eigenvalue weighted by atomic mass is 16.5. The molecule has 0 fully saturated rings. The van der Waals surface area contributed by atoms with E-state index in [4.69, 9.17) is 4.74 Å². The summed E-state index contributed by atoms with van der Waals surface area (Å²) >= 11 is 0. The van der Waals surface area contributed by atoms with Crippen molar-refractivity contribution in [3.63, 3.8) is 0 Å². The predicted octanol–water partition coefficient (Wildman–Crippen LogP) is 4.28. The standard InChI is InChI=1S/C21H22O2/c1-3-23-21(22)10-6-8-18-11-13-19(14-12-18)15-16-20-9-5-4-7-17(20)2/h4-5,7,9,11-14H,3,6,8,10H2,1-2H3. The Kier molecular flexibility index (Phi) is 6.44. The van der Waals surface area contributed by atoms with Gasteiger partial charge in [-0.2, -0.15) is 0 Å². The molecule has 0 aliphatic rings. The van der Waals surface area contributed by atoms with Crippen molar-refractivity contribution in [2.75, 3.05) is 6.61 Å². The SMILES string of the molecule is CCOC(=O)CCCc1ccc(C#Cc2ccccc2C)cc1. The van der Waals surface area contributed by atoms with Crippen molar-refractivity contribution >= 4 is 5.97 Å². The summed E-state index contributed by atoms with van der Waals surface area (Å²) in [5.41, 5.74) is 4.47. The maximum atomic E-state index is 11.3. The molecule has 2 heteroatoms. The summed E-state index contributed by atoms with van der Waals surface area (Å²) in [6.45, 7) is 4.35. The van der Waals surface area contributed by atoms with Gasteiger partial charge in [-0.1, -0.05) is 42.2 Å². The molecule has 0 aliphatic heterocycles. The summed E-state index contributed by atoms with van der Waals surface area (Å²) in [6, 6.07) is 16.3. The minimum absolute atomic E-state index is 0.117. The summed E-state index contributed by atoms with van der Waals surface area (Å²) in [7, 11) is 0. The molecule has 2 nitrogen and oxygen atoms in total. The lowest BCUT2D eigenvalue weighted by Crippen LogP contribution is -2.03. The van der Waals surface area contributed by atoms with Gasteiger partial charge in [0.25, 0.3) is 0 Å². The van der Waals surface area contributed by atoms with Gasteiger partial charge in [0.05, 0.1) is 6.61 Å². The van der Waals surface area contributed by atoms with E-state index < -0.39 is 0 Å². The van der Waals surface area contributed by atoms with Crippen LogP contribution in [-0.4, -0.2) is 12.6 Å². The lowest BCUT2D eigenvalue weighted by molar-refractivity contribution is -0.143. The van der Waals surface area contributed by atoms with E-state index in [2.05, 4.69) is 37.0 Å². The molecule has 0 unspecified atom stereocenters. The van der Waals surface area contributed by atoms with Gasteiger partial charge >= 0.3 is 5.97 Å². The van der Waals surface area contributed by atoms with E-state index in [0.29, 0.717) is 13.0 Å². The molecule has 0 N–H and O–H groups in total. The molecule has 0 aromatic heterocycles. The van der Waals surface area contributed by atoms with Crippen molar-refractivity contribution < 1.29 is 9.53 Å². The Morgan fingerprint density at radius 2 is 1.78 bits per heavy atom. The van der Waals surface area contributed by atoms with Crippen LogP contribution in [0.1, 0.15) is 42.0 Å². The van der Waals surface area contributed by atoms with Crippen LogP contribution in [0.25, 0.3) is 0 Å². The van der Waals surface area contributed by atoms with E-state index in [-0.39, 0.29) is 5.97 Å². The molecular formula is C21H22O2. The third-order valence-electron chi connectivity index (χ3n) is 3.59. The molecule has 0 bridgehead atoms. The summed E-state index contributed by atoms with van der Waals surface area (Å²) < 4.78 is 4.93. The number of ether oxygens (including phenoxy) is 1. The van der Waals surface area contributed by atoms with Crippen molar-refractivity contribution in [2.45, 2.75) is 33.1 Å². The molecule has 0 saturated heterocycles. The van der Waals surface area contributed by atoms with Crippen molar-refractivity contribution in [3.8, 4) is 11.8 Å². The van der Waals surface area contributed by atoms with Gasteiger partial charge in [0.15, 0.2) is 0 Å². The van der Waals surface area contributed by atoms with Gasteiger partial charge in [0, 0.05) is 17.5 Å². The smallest absolute Gasteiger partial charge is 0.305 e. The summed E-state index contributed by atoms with van der Waals surface area (Å²) in [4.78, 5) is 11.3. The van der Waals surface area contributed by atoms with Gasteiger partial charge in [-0.05, 0) is 56.0 Å². The first-order valence-corrected chi connectivity index (χ1v) is 8.01. The number of hydrogen-bond donors (Lipinski definition) is 0. The zero-order chi connectivity index (χ0) is 16.5. The first kappa shape index (κ1) is 16.8. The third-order valence-corrected chi connectivity index (χ3v) is 3.59. The molecule has 118 valence electrons. The zero-order valence-electron chi connectivity index (χ0n) is 13.8. The zero-order valence-corrected chi connectivity index (χ0v) is 13.8. The first-order chi connectivity index (χ1) is 11.2. The van der Waals surface area contributed by atoms with Crippen molar-refractivity contribution in [2.24, 2.45) is 0 Å². The minimum atomic E-state index is -0.117. The van der Waals surface area contributed by atoms with Crippen LogP contribution in [0.3, 0.4) is 0 Å². The lowest BCUT2D eigenvalue weighted by Gasteiger charge is -2.02. The summed E-state index contributed by atoms with van der Waals surface area (Å²) in [5, 5.41) is 0. The van der Waals surface area contributed by atoms with Gasteiger partial charge in [-0.25, -0.2) is 0 Å². The third kappa shape index (κ3) is 5.64. The number of benzene rings is 2. The van der Waals surface area contributed by atoms with Gasteiger partial charge < -0.3 is 4.74 Å². The maximum Gasteiger partial charge on any atom is 0.305 e. The Morgan fingerprint density at radius 1 is 1.04 bits per heavy atom. The van der Waals surface area contributed by atoms with Crippen LogP contribution in [0.5, 0.6) is 0 Å². The molecule has 0 heterocycles. The monoisotopic (exact) mass is 306 g/mol. The van der Waals surface area contributed by atoms with Crippen molar-refractivity contribution in [1.82, 2.24) is 0 Å². The minimum Gasteiger partial charge on any atom is -0.466 e. The van der Waals surface area contributed by atoms with E-state index in [0.717, 1.165) is 24.0 Å². The van der Waals surface area contributed by atoms with Crippen LogP contribution in [-0.2, 0) is 16.0 Å². The van der Waals surface area contributed by atoms with E-state index in [1.807, 2.05) is 37.3 Å². The fraction of sp³-hybridized carbons (Fsp3) is 0.286. The average molecular weight is 306 g/mol. The number of carbonyl (C=O) groups is 1. The van der Waals surface area contributed by atoms with E-state index in [9.17, 15) is 4.79 Å². The lowest BCUT2D eigenvalue weighted by atomic mass is 10.1. The van der Waals surface area contributed by atoms with Gasteiger partial charge in [0.1, 0.15) is 0 Å². The van der Waals surface area contributed by atoms with Gasteiger partial charge in [-0.15, -0.1) is 0 Å². The molecule has 0 saturated carbocycles. The molecule has 0 atom stereocenters. The Bertz CT molecular complexity index is 703. The van der Waals surface area contributed by atoms with E-state index in [1.165, 1.54) is 11.1 Å². The molecule has 2 aromatic carbocycles. The Labute approximate surface area is 138 Å². The number of aryl methyl sites for hydroxylation is 2.